The Morgan fingerprint density at radius 3 is 2.50 bits per heavy atom. The number of nitrogens with one attached hydrogen (secondary N) is 1. The Morgan fingerprint density at radius 2 is 1.75 bits per heavy atom. The van der Waals surface area contributed by atoms with Crippen molar-refractivity contribution in [2.45, 2.75) is 13.5 Å². The van der Waals surface area contributed by atoms with Gasteiger partial charge in [0.15, 0.2) is 5.76 Å². The number of hydrogen-bond donors (Lipinski definition) is 1. The number of ketones is 1. The molecule has 36 heavy (non-hydrogen) atoms. The van der Waals surface area contributed by atoms with Crippen LogP contribution in [0.15, 0.2) is 77.2 Å². The molecule has 5 aromatic rings. The first-order valence-electron chi connectivity index (χ1n) is 11.1. The zero-order chi connectivity index (χ0) is 25.1. The molecule has 1 amide bonds. The van der Waals surface area contributed by atoms with Gasteiger partial charge in [-0.05, 0) is 55.5 Å². The Hall–Kier alpha value is -4.50. The maximum atomic E-state index is 13.3. The maximum absolute atomic E-state index is 13.3. The van der Waals surface area contributed by atoms with E-state index >= 15 is 0 Å². The molecule has 0 aliphatic rings. The highest BCUT2D eigenvalue weighted by atomic mass is 32.1. The molecule has 0 atom stereocenters. The number of carbonyl (C=O) groups excluding carboxylic acids is 2. The Labute approximate surface area is 210 Å². The molecule has 0 aliphatic heterocycles. The van der Waals surface area contributed by atoms with Crippen molar-refractivity contribution in [1.82, 2.24) is 8.75 Å². The largest absolute Gasteiger partial charge is 0.497 e. The van der Waals surface area contributed by atoms with Crippen LogP contribution in [0.1, 0.15) is 37.9 Å². The smallest absolute Gasteiger partial charge is 0.255 e. The Kier molecular flexibility index (Phi) is 6.46. The normalized spacial score (nSPS) is 10.8. The number of aryl methyl sites for hydroxylation is 1. The van der Waals surface area contributed by atoms with Gasteiger partial charge in [0.25, 0.3) is 5.91 Å². The van der Waals surface area contributed by atoms with E-state index in [9.17, 15) is 9.59 Å². The minimum Gasteiger partial charge on any atom is -0.497 e. The fraction of sp³-hybridized carbons (Fsp3) is 0.111. The molecular weight excluding hydrogens is 478 g/mol. The second-order valence-electron chi connectivity index (χ2n) is 7.93. The third-order valence-electron chi connectivity index (χ3n) is 5.61. The van der Waals surface area contributed by atoms with Gasteiger partial charge in [-0.1, -0.05) is 24.3 Å². The van der Waals surface area contributed by atoms with Gasteiger partial charge in [-0.25, -0.2) is 0 Å². The van der Waals surface area contributed by atoms with E-state index in [0.717, 1.165) is 23.1 Å². The lowest BCUT2D eigenvalue weighted by Gasteiger charge is -2.08. The number of hydrogen-bond acceptors (Lipinski definition) is 8. The van der Waals surface area contributed by atoms with Crippen molar-refractivity contribution in [2.75, 3.05) is 12.4 Å². The number of fused-ring (bicyclic) bond motifs is 1. The second-order valence-corrected chi connectivity index (χ2v) is 8.46. The number of ether oxygens (including phenoxy) is 2. The maximum Gasteiger partial charge on any atom is 0.255 e. The van der Waals surface area contributed by atoms with Crippen LogP contribution in [0.2, 0.25) is 0 Å². The van der Waals surface area contributed by atoms with Gasteiger partial charge >= 0.3 is 0 Å². The molecule has 2 aromatic heterocycles. The van der Waals surface area contributed by atoms with Crippen LogP contribution in [0.3, 0.4) is 0 Å². The van der Waals surface area contributed by atoms with Crippen molar-refractivity contribution in [3.05, 3.63) is 101 Å². The zero-order valence-electron chi connectivity index (χ0n) is 19.5. The number of rotatable bonds is 8. The lowest BCUT2D eigenvalue weighted by atomic mass is 10.1. The van der Waals surface area contributed by atoms with E-state index in [1.54, 1.807) is 66.7 Å². The summed E-state index contributed by atoms with van der Waals surface area (Å²) in [4.78, 5) is 26.5. The van der Waals surface area contributed by atoms with Gasteiger partial charge in [-0.15, -0.1) is 0 Å². The molecule has 0 spiro atoms. The highest BCUT2D eigenvalue weighted by Gasteiger charge is 2.24. The predicted octanol–water partition coefficient (Wildman–Crippen LogP) is 5.66. The molecule has 0 saturated heterocycles. The summed E-state index contributed by atoms with van der Waals surface area (Å²) in [5.41, 5.74) is 3.21. The SMILES string of the molecule is COc1cccc(C(=O)c2oc3ccccc3c2NC(=O)c2ccc(OCc3nsnc3C)cc2)c1. The quantitative estimate of drug-likeness (QED) is 0.275. The van der Waals surface area contributed by atoms with Crippen LogP contribution >= 0.6 is 11.7 Å². The monoisotopic (exact) mass is 499 g/mol. The van der Waals surface area contributed by atoms with Gasteiger partial charge < -0.3 is 19.2 Å². The average Bonchev–Trinajstić information content (AvgIpc) is 3.50. The zero-order valence-corrected chi connectivity index (χ0v) is 20.3. The summed E-state index contributed by atoms with van der Waals surface area (Å²) in [6, 6.07) is 20.7. The summed E-state index contributed by atoms with van der Waals surface area (Å²) in [5, 5.41) is 3.50. The molecule has 1 N–H and O–H groups in total. The van der Waals surface area contributed by atoms with E-state index in [1.807, 2.05) is 13.0 Å². The summed E-state index contributed by atoms with van der Waals surface area (Å²) in [5.74, 6) is 0.445. The van der Waals surface area contributed by atoms with Crippen LogP contribution < -0.4 is 14.8 Å². The number of methoxy groups -OCH3 is 1. The molecule has 9 heteroatoms. The van der Waals surface area contributed by atoms with Crippen molar-refractivity contribution < 1.29 is 23.5 Å². The van der Waals surface area contributed by atoms with Crippen molar-refractivity contribution in [1.29, 1.82) is 0 Å². The van der Waals surface area contributed by atoms with E-state index in [4.69, 9.17) is 13.9 Å². The fourth-order valence-electron chi connectivity index (χ4n) is 3.65. The lowest BCUT2D eigenvalue weighted by Crippen LogP contribution is -2.14. The molecule has 0 aliphatic carbocycles. The van der Waals surface area contributed by atoms with Crippen molar-refractivity contribution in [3.63, 3.8) is 0 Å². The first-order valence-corrected chi connectivity index (χ1v) is 11.8. The first kappa shape index (κ1) is 23.3. The standard InChI is InChI=1S/C27H21N3O5S/c1-16-22(30-36-29-16)15-34-19-12-10-17(11-13-19)27(32)28-24-21-8-3-4-9-23(21)35-26(24)25(31)18-6-5-7-20(14-18)33-2/h3-14H,15H2,1-2H3,(H,28,32). The molecule has 8 nitrogen and oxygen atoms in total. The minimum atomic E-state index is -0.382. The van der Waals surface area contributed by atoms with E-state index < -0.39 is 0 Å². The third kappa shape index (κ3) is 4.69. The number of para-hydroxylation sites is 1. The number of aromatic nitrogens is 2. The van der Waals surface area contributed by atoms with Crippen LogP contribution in [0, 0.1) is 6.92 Å². The summed E-state index contributed by atoms with van der Waals surface area (Å²) >= 11 is 1.14. The van der Waals surface area contributed by atoms with E-state index in [1.165, 1.54) is 7.11 Å². The summed E-state index contributed by atoms with van der Waals surface area (Å²) in [6.07, 6.45) is 0. The van der Waals surface area contributed by atoms with Gasteiger partial charge in [-0.2, -0.15) is 8.75 Å². The summed E-state index contributed by atoms with van der Waals surface area (Å²) < 4.78 is 25.2. The number of anilines is 1. The van der Waals surface area contributed by atoms with Crippen molar-refractivity contribution in [3.8, 4) is 11.5 Å². The van der Waals surface area contributed by atoms with Crippen molar-refractivity contribution >= 4 is 40.1 Å². The van der Waals surface area contributed by atoms with Crippen LogP contribution in [-0.2, 0) is 6.61 Å². The third-order valence-corrected chi connectivity index (χ3v) is 6.27. The summed E-state index contributed by atoms with van der Waals surface area (Å²) in [7, 11) is 1.53. The topological polar surface area (TPSA) is 104 Å². The average molecular weight is 500 g/mol. The number of nitrogens with zero attached hydrogens (tertiary/aromatic N) is 2. The number of amides is 1. The lowest BCUT2D eigenvalue weighted by molar-refractivity contribution is 0.101. The Bertz CT molecular complexity index is 1560. The molecule has 5 rings (SSSR count). The second kappa shape index (κ2) is 10.0. The van der Waals surface area contributed by atoms with Gasteiger partial charge in [0.2, 0.25) is 5.78 Å². The van der Waals surface area contributed by atoms with Crippen LogP contribution in [0.5, 0.6) is 11.5 Å². The van der Waals surface area contributed by atoms with Gasteiger partial charge in [0.1, 0.15) is 29.4 Å². The van der Waals surface area contributed by atoms with Gasteiger partial charge in [0, 0.05) is 16.5 Å². The minimum absolute atomic E-state index is 0.0463. The molecule has 3 aromatic carbocycles. The summed E-state index contributed by atoms with van der Waals surface area (Å²) in [6.45, 7) is 2.17. The highest BCUT2D eigenvalue weighted by Crippen LogP contribution is 2.33. The number of furan rings is 1. The molecular formula is C27H21N3O5S. The molecule has 0 radical (unpaired) electrons. The van der Waals surface area contributed by atoms with Gasteiger partial charge in [0.05, 0.1) is 30.2 Å². The van der Waals surface area contributed by atoms with Crippen LogP contribution in [0.25, 0.3) is 11.0 Å². The highest BCUT2D eigenvalue weighted by molar-refractivity contribution is 6.99. The Morgan fingerprint density at radius 1 is 0.944 bits per heavy atom. The fourth-order valence-corrected chi connectivity index (χ4v) is 4.20. The molecule has 180 valence electrons. The molecule has 2 heterocycles. The Balaban J connectivity index is 1.39. The van der Waals surface area contributed by atoms with Crippen molar-refractivity contribution in [2.24, 2.45) is 0 Å². The van der Waals surface area contributed by atoms with Crippen LogP contribution in [0.4, 0.5) is 5.69 Å². The molecule has 0 fully saturated rings. The molecule has 0 bridgehead atoms. The first-order chi connectivity index (χ1) is 17.5. The number of carbonyl (C=O) groups is 2. The predicted molar refractivity (Wildman–Crippen MR) is 136 cm³/mol. The van der Waals surface area contributed by atoms with E-state index in [-0.39, 0.29) is 17.5 Å². The van der Waals surface area contributed by atoms with E-state index in [2.05, 4.69) is 14.1 Å². The van der Waals surface area contributed by atoms with Crippen LogP contribution in [-0.4, -0.2) is 27.5 Å². The molecule has 0 saturated carbocycles. The number of benzene rings is 3. The van der Waals surface area contributed by atoms with Gasteiger partial charge in [-0.3, -0.25) is 9.59 Å². The molecule has 0 unspecified atom stereocenters. The van der Waals surface area contributed by atoms with E-state index in [0.29, 0.717) is 45.9 Å².